The van der Waals surface area contributed by atoms with Crippen molar-refractivity contribution in [1.29, 1.82) is 0 Å². The molecule has 3 unspecified atom stereocenters. The van der Waals surface area contributed by atoms with Gasteiger partial charge in [0.1, 0.15) is 6.10 Å². The van der Waals surface area contributed by atoms with Crippen molar-refractivity contribution >= 4 is 17.5 Å². The van der Waals surface area contributed by atoms with Crippen LogP contribution in [0.15, 0.2) is 0 Å². The minimum atomic E-state index is -0.215. The van der Waals surface area contributed by atoms with Gasteiger partial charge in [-0.25, -0.2) is 0 Å². The van der Waals surface area contributed by atoms with Crippen molar-refractivity contribution in [2.75, 3.05) is 44.9 Å². The van der Waals surface area contributed by atoms with Crippen LogP contribution in [0.2, 0.25) is 0 Å². The molecule has 0 radical (unpaired) electrons. The average Bonchev–Trinajstić information content (AvgIpc) is 2.86. The molecule has 3 fully saturated rings. The predicted molar refractivity (Wildman–Crippen MR) is 75.6 cm³/mol. The molecule has 5 heteroatoms. The van der Waals surface area contributed by atoms with E-state index in [0.29, 0.717) is 12.4 Å². The first-order valence-electron chi connectivity index (χ1n) is 7.24. The standard InChI is InChI=1S/C14H23NO3S/c1-15-4-6-17-12(9-15)13(16)11-2-5-18-14(8-11)3-7-19-10-14/h11-12H,2-10H2,1H3. The van der Waals surface area contributed by atoms with E-state index in [1.165, 1.54) is 5.75 Å². The van der Waals surface area contributed by atoms with Crippen LogP contribution in [0.25, 0.3) is 0 Å². The first-order valence-corrected chi connectivity index (χ1v) is 8.40. The van der Waals surface area contributed by atoms with Crippen LogP contribution in [0.3, 0.4) is 0 Å². The summed E-state index contributed by atoms with van der Waals surface area (Å²) in [5.41, 5.74) is -0.0101. The van der Waals surface area contributed by atoms with Crippen LogP contribution in [0.4, 0.5) is 0 Å². The molecule has 0 aliphatic carbocycles. The number of ether oxygens (including phenoxy) is 2. The summed E-state index contributed by atoms with van der Waals surface area (Å²) in [6, 6.07) is 0. The Bertz CT molecular complexity index is 344. The van der Waals surface area contributed by atoms with Crippen molar-refractivity contribution in [1.82, 2.24) is 4.90 Å². The van der Waals surface area contributed by atoms with Crippen molar-refractivity contribution < 1.29 is 14.3 Å². The number of carbonyl (C=O) groups is 1. The van der Waals surface area contributed by atoms with Gasteiger partial charge in [0, 0.05) is 31.4 Å². The molecule has 4 nitrogen and oxygen atoms in total. The normalized spacial score (nSPS) is 40.7. The highest BCUT2D eigenvalue weighted by Gasteiger charge is 2.44. The van der Waals surface area contributed by atoms with Crippen molar-refractivity contribution in [3.05, 3.63) is 0 Å². The van der Waals surface area contributed by atoms with Crippen LogP contribution >= 0.6 is 11.8 Å². The van der Waals surface area contributed by atoms with Gasteiger partial charge in [0.05, 0.1) is 12.2 Å². The number of thioether (sulfide) groups is 1. The van der Waals surface area contributed by atoms with Crippen LogP contribution in [0, 0.1) is 5.92 Å². The van der Waals surface area contributed by atoms with Crippen molar-refractivity contribution in [2.24, 2.45) is 5.92 Å². The van der Waals surface area contributed by atoms with Gasteiger partial charge in [0.2, 0.25) is 0 Å². The lowest BCUT2D eigenvalue weighted by atomic mass is 9.81. The number of ketones is 1. The molecule has 0 aromatic rings. The second-order valence-electron chi connectivity index (χ2n) is 6.05. The molecule has 3 aliphatic rings. The van der Waals surface area contributed by atoms with Gasteiger partial charge in [0.25, 0.3) is 0 Å². The minimum Gasteiger partial charge on any atom is -0.374 e. The lowest BCUT2D eigenvalue weighted by Gasteiger charge is -2.39. The Hall–Kier alpha value is -0.100. The molecule has 1 spiro atoms. The largest absolute Gasteiger partial charge is 0.374 e. The van der Waals surface area contributed by atoms with E-state index >= 15 is 0 Å². The Kier molecular flexibility index (Phi) is 4.17. The number of carbonyl (C=O) groups excluding carboxylic acids is 1. The molecule has 0 N–H and O–H groups in total. The van der Waals surface area contributed by atoms with E-state index in [1.54, 1.807) is 0 Å². The van der Waals surface area contributed by atoms with Crippen LogP contribution < -0.4 is 0 Å². The molecule has 3 heterocycles. The van der Waals surface area contributed by atoms with E-state index < -0.39 is 0 Å². The van der Waals surface area contributed by atoms with Gasteiger partial charge in [-0.15, -0.1) is 0 Å². The van der Waals surface area contributed by atoms with E-state index in [0.717, 1.165) is 44.7 Å². The number of hydrogen-bond acceptors (Lipinski definition) is 5. The molecule has 3 atom stereocenters. The Labute approximate surface area is 119 Å². The molecule has 19 heavy (non-hydrogen) atoms. The summed E-state index contributed by atoms with van der Waals surface area (Å²) >= 11 is 1.95. The Morgan fingerprint density at radius 3 is 3.05 bits per heavy atom. The number of hydrogen-bond donors (Lipinski definition) is 0. The minimum absolute atomic E-state index is 0.0101. The third kappa shape index (κ3) is 2.99. The topological polar surface area (TPSA) is 38.8 Å². The monoisotopic (exact) mass is 285 g/mol. The molecular formula is C14H23NO3S. The summed E-state index contributed by atoms with van der Waals surface area (Å²) < 4.78 is 11.7. The first-order chi connectivity index (χ1) is 9.19. The van der Waals surface area contributed by atoms with E-state index in [4.69, 9.17) is 9.47 Å². The van der Waals surface area contributed by atoms with E-state index in [9.17, 15) is 4.79 Å². The summed E-state index contributed by atoms with van der Waals surface area (Å²) in [6.45, 7) is 3.09. The van der Waals surface area contributed by atoms with Gasteiger partial charge in [-0.1, -0.05) is 0 Å². The number of likely N-dealkylation sites (N-methyl/N-ethyl adjacent to an activating group) is 1. The zero-order valence-corrected chi connectivity index (χ0v) is 12.4. The Morgan fingerprint density at radius 1 is 1.42 bits per heavy atom. The zero-order valence-electron chi connectivity index (χ0n) is 11.6. The maximum atomic E-state index is 12.6. The fraction of sp³-hybridized carbons (Fsp3) is 0.929. The molecule has 0 amide bonds. The number of rotatable bonds is 2. The molecule has 0 aromatic carbocycles. The quantitative estimate of drug-likeness (QED) is 0.762. The molecule has 3 saturated heterocycles. The third-order valence-electron chi connectivity index (χ3n) is 4.55. The third-order valence-corrected chi connectivity index (χ3v) is 5.77. The van der Waals surface area contributed by atoms with Gasteiger partial charge in [-0.05, 0) is 32.1 Å². The van der Waals surface area contributed by atoms with Crippen molar-refractivity contribution in [2.45, 2.75) is 31.0 Å². The lowest BCUT2D eigenvalue weighted by molar-refractivity contribution is -0.149. The van der Waals surface area contributed by atoms with Crippen LogP contribution in [-0.2, 0) is 14.3 Å². The second-order valence-corrected chi connectivity index (χ2v) is 7.15. The fourth-order valence-electron chi connectivity index (χ4n) is 3.35. The fourth-order valence-corrected chi connectivity index (χ4v) is 4.73. The summed E-state index contributed by atoms with van der Waals surface area (Å²) in [5.74, 6) is 2.68. The van der Waals surface area contributed by atoms with E-state index in [2.05, 4.69) is 11.9 Å². The zero-order chi connectivity index (χ0) is 13.3. The van der Waals surface area contributed by atoms with Crippen LogP contribution in [0.1, 0.15) is 19.3 Å². The molecule has 0 bridgehead atoms. The highest BCUT2D eigenvalue weighted by molar-refractivity contribution is 7.99. The Balaban J connectivity index is 1.62. The van der Waals surface area contributed by atoms with Gasteiger partial charge in [-0.2, -0.15) is 11.8 Å². The van der Waals surface area contributed by atoms with Gasteiger partial charge in [-0.3, -0.25) is 4.79 Å². The number of Topliss-reactive ketones (excluding diaryl/α,β-unsaturated/α-hetero) is 1. The molecule has 3 aliphatic heterocycles. The molecule has 108 valence electrons. The van der Waals surface area contributed by atoms with Crippen LogP contribution in [-0.4, -0.2) is 67.2 Å². The number of morpholine rings is 1. The maximum Gasteiger partial charge on any atom is 0.166 e. The van der Waals surface area contributed by atoms with Crippen molar-refractivity contribution in [3.63, 3.8) is 0 Å². The predicted octanol–water partition coefficient (Wildman–Crippen LogP) is 1.19. The summed E-state index contributed by atoms with van der Waals surface area (Å²) in [5, 5.41) is 0. The van der Waals surface area contributed by atoms with E-state index in [1.807, 2.05) is 11.8 Å². The van der Waals surface area contributed by atoms with Gasteiger partial charge < -0.3 is 14.4 Å². The van der Waals surface area contributed by atoms with Gasteiger partial charge >= 0.3 is 0 Å². The summed E-state index contributed by atoms with van der Waals surface area (Å²) in [4.78, 5) is 14.8. The van der Waals surface area contributed by atoms with Crippen molar-refractivity contribution in [3.8, 4) is 0 Å². The van der Waals surface area contributed by atoms with Gasteiger partial charge in [0.15, 0.2) is 5.78 Å². The summed E-state index contributed by atoms with van der Waals surface area (Å²) in [7, 11) is 2.06. The number of nitrogens with zero attached hydrogens (tertiary/aromatic N) is 1. The second kappa shape index (κ2) is 5.72. The Morgan fingerprint density at radius 2 is 2.32 bits per heavy atom. The molecular weight excluding hydrogens is 262 g/mol. The molecule has 3 rings (SSSR count). The first kappa shape index (κ1) is 13.9. The maximum absolute atomic E-state index is 12.6. The molecule has 0 aromatic heterocycles. The molecule has 0 saturated carbocycles. The highest BCUT2D eigenvalue weighted by Crippen LogP contribution is 2.41. The summed E-state index contributed by atoms with van der Waals surface area (Å²) in [6.07, 6.45) is 2.66. The lowest BCUT2D eigenvalue weighted by Crippen LogP contribution is -2.49. The van der Waals surface area contributed by atoms with Crippen LogP contribution in [0.5, 0.6) is 0 Å². The van der Waals surface area contributed by atoms with E-state index in [-0.39, 0.29) is 17.6 Å². The SMILES string of the molecule is CN1CCOC(C(=O)C2CCOC3(CCSC3)C2)C1. The highest BCUT2D eigenvalue weighted by atomic mass is 32.2. The average molecular weight is 285 g/mol. The smallest absolute Gasteiger partial charge is 0.166 e.